The fourth-order valence-electron chi connectivity index (χ4n) is 4.74. The number of benzene rings is 2. The number of aryl methyl sites for hydroxylation is 1. The fraction of sp³-hybridized carbons (Fsp3) is 0.308. The van der Waals surface area contributed by atoms with E-state index < -0.39 is 24.0 Å². The van der Waals surface area contributed by atoms with Gasteiger partial charge in [-0.3, -0.25) is 19.6 Å². The highest BCUT2D eigenvalue weighted by Gasteiger charge is 2.34. The molecule has 180 valence electrons. The molecular weight excluding hydrogens is 448 g/mol. The number of anilines is 1. The molecule has 2 aliphatic carbocycles. The Labute approximate surface area is 202 Å². The Kier molecular flexibility index (Phi) is 5.98. The Hall–Kier alpha value is -4.14. The average Bonchev–Trinajstić information content (AvgIpc) is 3.55. The zero-order valence-electron chi connectivity index (χ0n) is 19.2. The molecule has 2 aromatic carbocycles. The van der Waals surface area contributed by atoms with Crippen LogP contribution in [0.25, 0.3) is 11.1 Å². The summed E-state index contributed by atoms with van der Waals surface area (Å²) in [5, 5.41) is 18.7. The summed E-state index contributed by atoms with van der Waals surface area (Å²) in [5.74, 6) is -1.09. The van der Waals surface area contributed by atoms with E-state index in [1.165, 1.54) is 10.7 Å². The van der Waals surface area contributed by atoms with Crippen LogP contribution >= 0.6 is 0 Å². The van der Waals surface area contributed by atoms with Crippen LogP contribution in [0.2, 0.25) is 0 Å². The lowest BCUT2D eigenvalue weighted by Gasteiger charge is -2.15. The number of rotatable bonds is 8. The van der Waals surface area contributed by atoms with Gasteiger partial charge in [0.05, 0.1) is 6.42 Å². The maximum Gasteiger partial charge on any atom is 0.412 e. The number of aromatic nitrogens is 2. The first kappa shape index (κ1) is 22.6. The standard InChI is InChI=1S/C26H26N4O5/c1-30-22(25(33)27-21(12-24(31)32)15-10-11-15)13-23(29-30)28-26(34)35-14-20-18-8-4-2-6-16(18)17-7-3-5-9-19(17)20/h2-9,13,15,20-21H,10-12,14H2,1H3,(H,27,33)(H,31,32)(H,28,29,34). The van der Waals surface area contributed by atoms with E-state index in [4.69, 9.17) is 9.84 Å². The molecule has 9 heteroatoms. The van der Waals surface area contributed by atoms with Crippen molar-refractivity contribution in [2.24, 2.45) is 13.0 Å². The number of aliphatic carboxylic acids is 1. The van der Waals surface area contributed by atoms with Gasteiger partial charge in [0.2, 0.25) is 0 Å². The van der Waals surface area contributed by atoms with Gasteiger partial charge in [-0.1, -0.05) is 48.5 Å². The molecule has 0 spiro atoms. The lowest BCUT2D eigenvalue weighted by Crippen LogP contribution is -2.38. The number of carboxylic acid groups (broad SMARTS) is 1. The van der Waals surface area contributed by atoms with Crippen LogP contribution in [0.15, 0.2) is 54.6 Å². The molecule has 0 aliphatic heterocycles. The molecule has 1 unspecified atom stereocenters. The van der Waals surface area contributed by atoms with Crippen molar-refractivity contribution >= 4 is 23.8 Å². The minimum absolute atomic E-state index is 0.0631. The van der Waals surface area contributed by atoms with Crippen molar-refractivity contribution in [1.82, 2.24) is 15.1 Å². The summed E-state index contributed by atoms with van der Waals surface area (Å²) in [5.41, 5.74) is 4.74. The number of nitrogens with one attached hydrogen (secondary N) is 2. The third-order valence-corrected chi connectivity index (χ3v) is 6.59. The molecule has 0 radical (unpaired) electrons. The van der Waals surface area contributed by atoms with Gasteiger partial charge < -0.3 is 15.2 Å². The Balaban J connectivity index is 1.22. The first-order valence-electron chi connectivity index (χ1n) is 11.6. The molecule has 1 atom stereocenters. The molecule has 2 amide bonds. The fourth-order valence-corrected chi connectivity index (χ4v) is 4.74. The van der Waals surface area contributed by atoms with Crippen molar-refractivity contribution < 1.29 is 24.2 Å². The van der Waals surface area contributed by atoms with Crippen LogP contribution in [0.3, 0.4) is 0 Å². The Morgan fingerprint density at radius 2 is 1.71 bits per heavy atom. The predicted octanol–water partition coefficient (Wildman–Crippen LogP) is 3.76. The molecule has 35 heavy (non-hydrogen) atoms. The van der Waals surface area contributed by atoms with Gasteiger partial charge in [-0.25, -0.2) is 4.79 Å². The second-order valence-electron chi connectivity index (χ2n) is 9.00. The van der Waals surface area contributed by atoms with Gasteiger partial charge in [0.15, 0.2) is 5.82 Å². The van der Waals surface area contributed by atoms with Crippen molar-refractivity contribution in [3.05, 3.63) is 71.4 Å². The van der Waals surface area contributed by atoms with E-state index in [-0.39, 0.29) is 36.4 Å². The van der Waals surface area contributed by atoms with Crippen molar-refractivity contribution in [3.63, 3.8) is 0 Å². The van der Waals surface area contributed by atoms with Crippen LogP contribution in [0.4, 0.5) is 10.6 Å². The minimum Gasteiger partial charge on any atom is -0.481 e. The van der Waals surface area contributed by atoms with Crippen molar-refractivity contribution in [1.29, 1.82) is 0 Å². The normalized spacial score (nSPS) is 15.1. The van der Waals surface area contributed by atoms with Crippen LogP contribution in [-0.2, 0) is 16.6 Å². The van der Waals surface area contributed by atoms with Crippen LogP contribution in [0, 0.1) is 5.92 Å². The number of carbonyl (C=O) groups excluding carboxylic acids is 2. The summed E-state index contributed by atoms with van der Waals surface area (Å²) in [6, 6.07) is 17.2. The molecule has 1 heterocycles. The van der Waals surface area contributed by atoms with Gasteiger partial charge in [0.25, 0.3) is 5.91 Å². The summed E-state index contributed by atoms with van der Waals surface area (Å²) in [6.07, 6.45) is 1.01. The molecule has 0 saturated heterocycles. The molecular formula is C26H26N4O5. The summed E-state index contributed by atoms with van der Waals surface area (Å²) in [7, 11) is 1.58. The van der Waals surface area contributed by atoms with Crippen LogP contribution in [-0.4, -0.2) is 45.5 Å². The first-order chi connectivity index (χ1) is 16.9. The van der Waals surface area contributed by atoms with Crippen LogP contribution in [0.5, 0.6) is 0 Å². The molecule has 0 bridgehead atoms. The monoisotopic (exact) mass is 474 g/mol. The summed E-state index contributed by atoms with van der Waals surface area (Å²) >= 11 is 0. The van der Waals surface area contributed by atoms with E-state index in [0.717, 1.165) is 35.1 Å². The van der Waals surface area contributed by atoms with E-state index in [1.807, 2.05) is 36.4 Å². The molecule has 5 rings (SSSR count). The molecule has 3 aromatic rings. The highest BCUT2D eigenvalue weighted by atomic mass is 16.5. The molecule has 3 N–H and O–H groups in total. The van der Waals surface area contributed by atoms with Crippen molar-refractivity contribution in [2.45, 2.75) is 31.2 Å². The number of ether oxygens (including phenoxy) is 1. The number of hydrogen-bond donors (Lipinski definition) is 3. The summed E-state index contributed by atoms with van der Waals surface area (Å²) < 4.78 is 6.88. The smallest absolute Gasteiger partial charge is 0.412 e. The second-order valence-corrected chi connectivity index (χ2v) is 9.00. The predicted molar refractivity (Wildman–Crippen MR) is 128 cm³/mol. The largest absolute Gasteiger partial charge is 0.481 e. The lowest BCUT2D eigenvalue weighted by molar-refractivity contribution is -0.137. The van der Waals surface area contributed by atoms with Gasteiger partial charge in [-0.2, -0.15) is 5.10 Å². The SMILES string of the molecule is Cn1nc(NC(=O)OCC2c3ccccc3-c3ccccc32)cc1C(=O)NC(CC(=O)O)C1CC1. The van der Waals surface area contributed by atoms with Gasteiger partial charge in [-0.05, 0) is 41.0 Å². The number of fused-ring (bicyclic) bond motifs is 3. The number of hydrogen-bond acceptors (Lipinski definition) is 5. The van der Waals surface area contributed by atoms with Gasteiger partial charge >= 0.3 is 12.1 Å². The zero-order valence-corrected chi connectivity index (χ0v) is 19.2. The molecule has 1 saturated carbocycles. The van der Waals surface area contributed by atoms with Crippen molar-refractivity contribution in [3.8, 4) is 11.1 Å². The minimum atomic E-state index is -0.954. The van der Waals surface area contributed by atoms with E-state index in [1.54, 1.807) is 7.05 Å². The Morgan fingerprint density at radius 3 is 2.31 bits per heavy atom. The van der Waals surface area contributed by atoms with Gasteiger partial charge in [-0.15, -0.1) is 0 Å². The topological polar surface area (TPSA) is 123 Å². The highest BCUT2D eigenvalue weighted by molar-refractivity contribution is 5.95. The molecule has 1 aromatic heterocycles. The van der Waals surface area contributed by atoms with Crippen LogP contribution < -0.4 is 10.6 Å². The Bertz CT molecular complexity index is 1250. The zero-order chi connectivity index (χ0) is 24.5. The summed E-state index contributed by atoms with van der Waals surface area (Å²) in [4.78, 5) is 36.4. The number of carbonyl (C=O) groups is 3. The Morgan fingerprint density at radius 1 is 1.09 bits per heavy atom. The number of nitrogens with zero attached hydrogens (tertiary/aromatic N) is 2. The maximum atomic E-state index is 12.7. The molecule has 2 aliphatic rings. The number of carboxylic acids is 1. The third kappa shape index (κ3) is 4.75. The lowest BCUT2D eigenvalue weighted by atomic mass is 9.98. The summed E-state index contributed by atoms with van der Waals surface area (Å²) in [6.45, 7) is 0.165. The van der Waals surface area contributed by atoms with Crippen molar-refractivity contribution in [2.75, 3.05) is 11.9 Å². The maximum absolute atomic E-state index is 12.7. The van der Waals surface area contributed by atoms with Gasteiger partial charge in [0, 0.05) is 25.1 Å². The van der Waals surface area contributed by atoms with E-state index in [0.29, 0.717) is 0 Å². The highest BCUT2D eigenvalue weighted by Crippen LogP contribution is 2.44. The quantitative estimate of drug-likeness (QED) is 0.457. The first-order valence-corrected chi connectivity index (χ1v) is 11.6. The van der Waals surface area contributed by atoms with E-state index in [9.17, 15) is 14.4 Å². The van der Waals surface area contributed by atoms with E-state index in [2.05, 4.69) is 27.9 Å². The molecule has 9 nitrogen and oxygen atoms in total. The molecule has 1 fully saturated rings. The second kappa shape index (κ2) is 9.25. The number of amides is 2. The van der Waals surface area contributed by atoms with E-state index >= 15 is 0 Å². The third-order valence-electron chi connectivity index (χ3n) is 6.59. The average molecular weight is 475 g/mol. The van der Waals surface area contributed by atoms with Crippen LogP contribution in [0.1, 0.15) is 46.8 Å². The van der Waals surface area contributed by atoms with Gasteiger partial charge in [0.1, 0.15) is 12.3 Å².